The van der Waals surface area contributed by atoms with Gasteiger partial charge in [-0.15, -0.1) is 0 Å². The standard InChI is InChI=1S/C63H105NO8/c1-6-8-10-12-14-16-18-20-21-22-23-24-25-26-27-28-29-30-31-32-33-34-35-36-37-38-39-40-41-42-44-46-48-50-52-54-61(66)72-59(58-71-63(62(67)68)69-56-55-64(3,4)5)57-70-60(65)53-51-49-47-45-43-19-17-15-13-11-9-7-2/h8,10,14,16,20-21,23-24,26-27,29-30,32-33,35-36,38-39,59,63H,6-7,9,11-13,15,17-19,22,25,28,31,34,37,40-58H2,1-5H3/b10-8-,16-14-,21-20-,24-23-,27-26-,30-29-,33-32-,36-35-,39-38-. The van der Waals surface area contributed by atoms with E-state index in [1.807, 2.05) is 21.1 Å². The molecule has 0 fully saturated rings. The van der Waals surface area contributed by atoms with Crippen molar-refractivity contribution in [2.75, 3.05) is 47.5 Å². The van der Waals surface area contributed by atoms with Crippen LogP contribution in [-0.2, 0) is 33.3 Å². The van der Waals surface area contributed by atoms with E-state index < -0.39 is 24.3 Å². The van der Waals surface area contributed by atoms with E-state index in [0.717, 1.165) is 103 Å². The minimum Gasteiger partial charge on any atom is -0.545 e. The summed E-state index contributed by atoms with van der Waals surface area (Å²) in [5.74, 6) is -2.31. The van der Waals surface area contributed by atoms with E-state index in [2.05, 4.69) is 123 Å². The molecule has 0 aliphatic heterocycles. The van der Waals surface area contributed by atoms with E-state index >= 15 is 0 Å². The maximum atomic E-state index is 12.8. The van der Waals surface area contributed by atoms with Gasteiger partial charge in [-0.05, 0) is 83.5 Å². The van der Waals surface area contributed by atoms with Crippen molar-refractivity contribution in [1.29, 1.82) is 0 Å². The summed E-state index contributed by atoms with van der Waals surface area (Å²) in [6, 6.07) is 0. The topological polar surface area (TPSA) is 111 Å². The van der Waals surface area contributed by atoms with Crippen LogP contribution in [0.25, 0.3) is 0 Å². The molecule has 0 aromatic carbocycles. The maximum Gasteiger partial charge on any atom is 0.306 e. The molecule has 2 atom stereocenters. The zero-order chi connectivity index (χ0) is 52.7. The van der Waals surface area contributed by atoms with Gasteiger partial charge >= 0.3 is 11.9 Å². The maximum absolute atomic E-state index is 12.8. The molecule has 0 bridgehead atoms. The fourth-order valence-electron chi connectivity index (χ4n) is 7.41. The molecule has 9 heteroatoms. The molecule has 0 rings (SSSR count). The first kappa shape index (κ1) is 68.0. The van der Waals surface area contributed by atoms with Gasteiger partial charge in [-0.1, -0.05) is 226 Å². The number of likely N-dealkylation sites (N-methyl/N-ethyl adjacent to an activating group) is 1. The summed E-state index contributed by atoms with van der Waals surface area (Å²) in [7, 11) is 5.91. The summed E-state index contributed by atoms with van der Waals surface area (Å²) in [5, 5.41) is 11.7. The van der Waals surface area contributed by atoms with Crippen LogP contribution < -0.4 is 5.11 Å². The minimum absolute atomic E-state index is 0.141. The summed E-state index contributed by atoms with van der Waals surface area (Å²) in [5.41, 5.74) is 0. The van der Waals surface area contributed by atoms with Crippen LogP contribution >= 0.6 is 0 Å². The number of unbranched alkanes of at least 4 members (excludes halogenated alkanes) is 18. The van der Waals surface area contributed by atoms with E-state index in [1.165, 1.54) is 77.0 Å². The lowest BCUT2D eigenvalue weighted by molar-refractivity contribution is -0.870. The molecule has 0 aromatic rings. The van der Waals surface area contributed by atoms with E-state index in [1.54, 1.807) is 0 Å². The van der Waals surface area contributed by atoms with Crippen molar-refractivity contribution in [3.05, 3.63) is 109 Å². The highest BCUT2D eigenvalue weighted by atomic mass is 16.7. The van der Waals surface area contributed by atoms with Crippen LogP contribution in [0.1, 0.15) is 213 Å². The van der Waals surface area contributed by atoms with Gasteiger partial charge in [0.15, 0.2) is 12.4 Å². The summed E-state index contributed by atoms with van der Waals surface area (Å²) in [6.45, 7) is 4.60. The fraction of sp³-hybridized carbons (Fsp3) is 0.667. The second-order valence-corrected chi connectivity index (χ2v) is 19.9. The Bertz CT molecular complexity index is 1540. The van der Waals surface area contributed by atoms with Crippen molar-refractivity contribution in [2.45, 2.75) is 225 Å². The molecule has 0 aliphatic rings. The number of carbonyl (C=O) groups excluding carboxylic acids is 3. The quantitative estimate of drug-likeness (QED) is 0.0195. The number of carboxylic acid groups (broad SMARTS) is 1. The Kier molecular flexibility index (Phi) is 50.3. The van der Waals surface area contributed by atoms with Crippen LogP contribution in [0.3, 0.4) is 0 Å². The number of carboxylic acids is 1. The number of rotatable bonds is 51. The molecule has 0 radical (unpaired) electrons. The van der Waals surface area contributed by atoms with E-state index in [4.69, 9.17) is 18.9 Å². The molecule has 0 aromatic heterocycles. The van der Waals surface area contributed by atoms with Gasteiger partial charge in [0.05, 0.1) is 40.3 Å². The van der Waals surface area contributed by atoms with Crippen LogP contribution in [0.5, 0.6) is 0 Å². The molecule has 0 aliphatic carbocycles. The number of ether oxygens (including phenoxy) is 4. The largest absolute Gasteiger partial charge is 0.545 e. The Balaban J connectivity index is 4.22. The molecule has 0 spiro atoms. The van der Waals surface area contributed by atoms with Crippen LogP contribution in [0, 0.1) is 0 Å². The summed E-state index contributed by atoms with van der Waals surface area (Å²) >= 11 is 0. The lowest BCUT2D eigenvalue weighted by Crippen LogP contribution is -2.44. The second kappa shape index (κ2) is 53.2. The van der Waals surface area contributed by atoms with Crippen molar-refractivity contribution in [3.8, 4) is 0 Å². The van der Waals surface area contributed by atoms with Crippen LogP contribution in [-0.4, -0.2) is 82.3 Å². The molecule has 0 amide bonds. The first-order chi connectivity index (χ1) is 35.1. The average molecular weight is 1000 g/mol. The molecule has 0 heterocycles. The third kappa shape index (κ3) is 53.7. The summed E-state index contributed by atoms with van der Waals surface area (Å²) < 4.78 is 22.6. The van der Waals surface area contributed by atoms with Gasteiger partial charge < -0.3 is 33.3 Å². The zero-order valence-electron chi connectivity index (χ0n) is 46.5. The molecular formula is C63H105NO8. The molecule has 72 heavy (non-hydrogen) atoms. The first-order valence-electron chi connectivity index (χ1n) is 28.5. The Hall–Kier alpha value is -4.05. The van der Waals surface area contributed by atoms with E-state index in [-0.39, 0.29) is 38.6 Å². The molecule has 9 nitrogen and oxygen atoms in total. The average Bonchev–Trinajstić information content (AvgIpc) is 3.35. The van der Waals surface area contributed by atoms with Gasteiger partial charge in [-0.3, -0.25) is 9.59 Å². The number of hydrogen-bond acceptors (Lipinski definition) is 8. The second-order valence-electron chi connectivity index (χ2n) is 19.9. The number of quaternary nitrogens is 1. The summed E-state index contributed by atoms with van der Waals surface area (Å²) in [4.78, 5) is 37.2. The molecule has 0 N–H and O–H groups in total. The van der Waals surface area contributed by atoms with Crippen molar-refractivity contribution < 1.29 is 42.9 Å². The van der Waals surface area contributed by atoms with Crippen molar-refractivity contribution in [3.63, 3.8) is 0 Å². The number of aliphatic carboxylic acids is 1. The highest BCUT2D eigenvalue weighted by Gasteiger charge is 2.22. The van der Waals surface area contributed by atoms with Gasteiger partial charge in [-0.25, -0.2) is 0 Å². The van der Waals surface area contributed by atoms with Gasteiger partial charge in [0.25, 0.3) is 0 Å². The van der Waals surface area contributed by atoms with Gasteiger partial charge in [-0.2, -0.15) is 0 Å². The third-order valence-corrected chi connectivity index (χ3v) is 11.8. The SMILES string of the molecule is CC/C=C\C/C=C\C/C=C\C/C=C\C/C=C\C/C=C\C/C=C\C/C=C\C/C=C\CCCCCCCCCC(=O)OC(COC(=O)CCCCCCCCCCCCCC)COC(OCC[N+](C)(C)C)C(=O)[O-]. The molecular weight excluding hydrogens is 899 g/mol. The number of allylic oxidation sites excluding steroid dienone is 18. The first-order valence-corrected chi connectivity index (χ1v) is 28.5. The predicted molar refractivity (Wildman–Crippen MR) is 301 cm³/mol. The molecule has 2 unspecified atom stereocenters. The normalized spacial score (nSPS) is 13.6. The van der Waals surface area contributed by atoms with Gasteiger partial charge in [0, 0.05) is 12.8 Å². The van der Waals surface area contributed by atoms with Crippen molar-refractivity contribution >= 4 is 17.9 Å². The van der Waals surface area contributed by atoms with Crippen LogP contribution in [0.15, 0.2) is 109 Å². The monoisotopic (exact) mass is 1000 g/mol. The van der Waals surface area contributed by atoms with Crippen molar-refractivity contribution in [2.24, 2.45) is 0 Å². The lowest BCUT2D eigenvalue weighted by atomic mass is 10.0. The Morgan fingerprint density at radius 3 is 1.18 bits per heavy atom. The number of esters is 2. The van der Waals surface area contributed by atoms with Crippen molar-refractivity contribution in [1.82, 2.24) is 0 Å². The Morgan fingerprint density at radius 2 is 0.792 bits per heavy atom. The summed E-state index contributed by atoms with van der Waals surface area (Å²) in [6.07, 6.45) is 70.0. The van der Waals surface area contributed by atoms with Gasteiger partial charge in [0.2, 0.25) is 0 Å². The Labute approximate surface area is 441 Å². The highest BCUT2D eigenvalue weighted by molar-refractivity contribution is 5.70. The van der Waals surface area contributed by atoms with Crippen LogP contribution in [0.2, 0.25) is 0 Å². The molecule has 410 valence electrons. The number of carbonyl (C=O) groups is 3. The number of nitrogens with zero attached hydrogens (tertiary/aromatic N) is 1. The van der Waals surface area contributed by atoms with E-state index in [0.29, 0.717) is 17.4 Å². The zero-order valence-corrected chi connectivity index (χ0v) is 46.5. The minimum atomic E-state index is -1.63. The number of hydrogen-bond donors (Lipinski definition) is 0. The van der Waals surface area contributed by atoms with Gasteiger partial charge in [0.1, 0.15) is 13.2 Å². The smallest absolute Gasteiger partial charge is 0.306 e. The van der Waals surface area contributed by atoms with E-state index in [9.17, 15) is 19.5 Å². The molecule has 0 saturated heterocycles. The molecule has 0 saturated carbocycles. The Morgan fingerprint density at radius 1 is 0.431 bits per heavy atom. The third-order valence-electron chi connectivity index (χ3n) is 11.8. The van der Waals surface area contributed by atoms with Crippen LogP contribution in [0.4, 0.5) is 0 Å². The predicted octanol–water partition coefficient (Wildman–Crippen LogP) is 15.4. The highest BCUT2D eigenvalue weighted by Crippen LogP contribution is 2.15. The fourth-order valence-corrected chi connectivity index (χ4v) is 7.41. The lowest BCUT2D eigenvalue weighted by Gasteiger charge is -2.26.